The molecular weight excluding hydrogens is 253 g/mol. The molecule has 8 heteroatoms. The Balaban J connectivity index is 2.50. The molecule has 1 aromatic heterocycles. The number of carboxylic acid groups (broad SMARTS) is 1. The Morgan fingerprint density at radius 3 is 2.83 bits per heavy atom. The summed E-state index contributed by atoms with van der Waals surface area (Å²) in [5, 5.41) is 10.7. The lowest BCUT2D eigenvalue weighted by atomic mass is 10.2. The quantitative estimate of drug-likeness (QED) is 0.764. The lowest BCUT2D eigenvalue weighted by Gasteiger charge is -2.12. The summed E-state index contributed by atoms with van der Waals surface area (Å²) in [4.78, 5) is 13.7. The molecule has 18 heavy (non-hydrogen) atoms. The van der Waals surface area contributed by atoms with Crippen molar-refractivity contribution in [2.45, 2.75) is 6.18 Å². The van der Waals surface area contributed by atoms with Crippen molar-refractivity contribution < 1.29 is 27.8 Å². The summed E-state index contributed by atoms with van der Waals surface area (Å²) in [6.45, 7) is -0.483. The molecule has 1 rings (SSSR count). The summed E-state index contributed by atoms with van der Waals surface area (Å²) >= 11 is 0. The number of pyridine rings is 1. The van der Waals surface area contributed by atoms with Crippen LogP contribution in [0.15, 0.2) is 18.3 Å². The second-order valence-corrected chi connectivity index (χ2v) is 3.27. The molecule has 0 amide bonds. The fourth-order valence-corrected chi connectivity index (χ4v) is 1.18. The molecule has 0 atom stereocenters. The Kier molecular flexibility index (Phi) is 4.90. The first-order valence-corrected chi connectivity index (χ1v) is 4.97. The van der Waals surface area contributed by atoms with Crippen molar-refractivity contribution in [1.82, 2.24) is 4.98 Å². The lowest BCUT2D eigenvalue weighted by Crippen LogP contribution is -2.17. The first-order valence-electron chi connectivity index (χ1n) is 4.97. The number of halogens is 3. The minimum absolute atomic E-state index is 0.0276. The number of aliphatic carboxylic acids is 1. The Bertz CT molecular complexity index is 410. The third-order valence-electron chi connectivity index (χ3n) is 1.88. The molecule has 5 nitrogen and oxygen atoms in total. The zero-order valence-electron chi connectivity index (χ0n) is 9.20. The van der Waals surface area contributed by atoms with Crippen LogP contribution in [0.2, 0.25) is 0 Å². The van der Waals surface area contributed by atoms with Gasteiger partial charge < -0.3 is 15.2 Å². The Morgan fingerprint density at radius 1 is 1.50 bits per heavy atom. The molecule has 0 fully saturated rings. The molecular formula is C10H11F3N2O3. The fourth-order valence-electron chi connectivity index (χ4n) is 1.18. The van der Waals surface area contributed by atoms with Crippen molar-refractivity contribution in [2.24, 2.45) is 0 Å². The van der Waals surface area contributed by atoms with Crippen LogP contribution in [0.25, 0.3) is 0 Å². The van der Waals surface area contributed by atoms with Gasteiger partial charge >= 0.3 is 12.1 Å². The average Bonchev–Trinajstić information content (AvgIpc) is 2.27. The third kappa shape index (κ3) is 4.58. The van der Waals surface area contributed by atoms with Crippen LogP contribution in [0, 0.1) is 0 Å². The van der Waals surface area contributed by atoms with Gasteiger partial charge in [-0.2, -0.15) is 13.2 Å². The van der Waals surface area contributed by atoms with E-state index < -0.39 is 24.3 Å². The molecule has 1 aromatic rings. The van der Waals surface area contributed by atoms with Crippen LogP contribution < -0.4 is 5.32 Å². The molecule has 2 N–H and O–H groups in total. The molecule has 1 heterocycles. The Morgan fingerprint density at radius 2 is 2.22 bits per heavy atom. The number of ether oxygens (including phenoxy) is 1. The summed E-state index contributed by atoms with van der Waals surface area (Å²) in [6.07, 6.45) is -3.26. The van der Waals surface area contributed by atoms with Crippen molar-refractivity contribution in [2.75, 3.05) is 25.1 Å². The smallest absolute Gasteiger partial charge is 0.419 e. The molecule has 0 aromatic carbocycles. The predicted molar refractivity (Wildman–Crippen MR) is 56.2 cm³/mol. The highest BCUT2D eigenvalue weighted by Gasteiger charge is 2.33. The van der Waals surface area contributed by atoms with E-state index >= 15 is 0 Å². The number of anilines is 1. The van der Waals surface area contributed by atoms with E-state index in [0.29, 0.717) is 0 Å². The third-order valence-corrected chi connectivity index (χ3v) is 1.88. The number of carboxylic acids is 1. The summed E-state index contributed by atoms with van der Waals surface area (Å²) in [6, 6.07) is 2.10. The maximum atomic E-state index is 12.5. The van der Waals surface area contributed by atoms with Gasteiger partial charge in [0.05, 0.1) is 12.2 Å². The molecule has 0 radical (unpaired) electrons. The molecule has 0 aliphatic heterocycles. The maximum Gasteiger partial charge on any atom is 0.419 e. The van der Waals surface area contributed by atoms with Crippen LogP contribution in [0.5, 0.6) is 0 Å². The monoisotopic (exact) mass is 264 g/mol. The van der Waals surface area contributed by atoms with Crippen molar-refractivity contribution >= 4 is 11.8 Å². The molecule has 0 aliphatic carbocycles. The van der Waals surface area contributed by atoms with Gasteiger partial charge in [0.15, 0.2) is 0 Å². The standard InChI is InChI=1S/C10H11F3N2O3/c11-10(12,13)7-2-1-3-14-9(7)15-4-5-18-6-8(16)17/h1-3H,4-6H2,(H,14,15)(H,16,17). The van der Waals surface area contributed by atoms with E-state index in [1.54, 1.807) is 0 Å². The van der Waals surface area contributed by atoms with Crippen LogP contribution >= 0.6 is 0 Å². The minimum Gasteiger partial charge on any atom is -0.480 e. The summed E-state index contributed by atoms with van der Waals surface area (Å²) in [5.41, 5.74) is -0.872. The van der Waals surface area contributed by atoms with E-state index in [1.807, 2.05) is 0 Å². The van der Waals surface area contributed by atoms with Crippen LogP contribution in [0.1, 0.15) is 5.56 Å². The molecule has 0 spiro atoms. The molecule has 0 aliphatic rings. The molecule has 0 unspecified atom stereocenters. The van der Waals surface area contributed by atoms with E-state index in [-0.39, 0.29) is 19.0 Å². The van der Waals surface area contributed by atoms with Crippen molar-refractivity contribution in [3.8, 4) is 0 Å². The zero-order chi connectivity index (χ0) is 13.6. The number of nitrogens with zero attached hydrogens (tertiary/aromatic N) is 1. The Hall–Kier alpha value is -1.83. The number of hydrogen-bond donors (Lipinski definition) is 2. The van der Waals surface area contributed by atoms with Crippen LogP contribution in [-0.2, 0) is 15.7 Å². The summed E-state index contributed by atoms with van der Waals surface area (Å²) in [5.74, 6) is -1.44. The van der Waals surface area contributed by atoms with E-state index in [4.69, 9.17) is 5.11 Å². The number of aromatic nitrogens is 1. The highest BCUT2D eigenvalue weighted by molar-refractivity contribution is 5.67. The molecule has 0 bridgehead atoms. The highest BCUT2D eigenvalue weighted by Crippen LogP contribution is 2.33. The van der Waals surface area contributed by atoms with Crippen molar-refractivity contribution in [3.63, 3.8) is 0 Å². The van der Waals surface area contributed by atoms with Gasteiger partial charge in [-0.15, -0.1) is 0 Å². The molecule has 0 saturated carbocycles. The van der Waals surface area contributed by atoms with Crippen LogP contribution in [0.4, 0.5) is 19.0 Å². The second kappa shape index (κ2) is 6.20. The predicted octanol–water partition coefficient (Wildman–Crippen LogP) is 1.61. The lowest BCUT2D eigenvalue weighted by molar-refractivity contribution is -0.142. The van der Waals surface area contributed by atoms with Gasteiger partial charge in [-0.3, -0.25) is 0 Å². The van der Waals surface area contributed by atoms with E-state index in [2.05, 4.69) is 15.0 Å². The fraction of sp³-hybridized carbons (Fsp3) is 0.400. The topological polar surface area (TPSA) is 71.5 Å². The van der Waals surface area contributed by atoms with Gasteiger partial charge in [-0.05, 0) is 12.1 Å². The first-order chi connectivity index (χ1) is 8.41. The van der Waals surface area contributed by atoms with Crippen molar-refractivity contribution in [3.05, 3.63) is 23.9 Å². The van der Waals surface area contributed by atoms with Gasteiger partial charge in [0.1, 0.15) is 12.4 Å². The average molecular weight is 264 g/mol. The van der Waals surface area contributed by atoms with Gasteiger partial charge in [0, 0.05) is 12.7 Å². The second-order valence-electron chi connectivity index (χ2n) is 3.27. The number of alkyl halides is 3. The summed E-state index contributed by atoms with van der Waals surface area (Å²) in [7, 11) is 0. The van der Waals surface area contributed by atoms with Gasteiger partial charge in [0.25, 0.3) is 0 Å². The highest BCUT2D eigenvalue weighted by atomic mass is 19.4. The molecule has 0 saturated heterocycles. The Labute approximate surface area is 101 Å². The van der Waals surface area contributed by atoms with E-state index in [0.717, 1.165) is 6.07 Å². The van der Waals surface area contributed by atoms with E-state index in [1.165, 1.54) is 12.3 Å². The van der Waals surface area contributed by atoms with Gasteiger partial charge in [-0.25, -0.2) is 9.78 Å². The normalized spacial score (nSPS) is 11.3. The first kappa shape index (κ1) is 14.2. The minimum atomic E-state index is -4.49. The molecule has 100 valence electrons. The van der Waals surface area contributed by atoms with Crippen LogP contribution in [0.3, 0.4) is 0 Å². The number of nitrogens with one attached hydrogen (secondary N) is 1. The number of hydrogen-bond acceptors (Lipinski definition) is 4. The maximum absolute atomic E-state index is 12.5. The number of carbonyl (C=O) groups is 1. The largest absolute Gasteiger partial charge is 0.480 e. The SMILES string of the molecule is O=C(O)COCCNc1ncccc1C(F)(F)F. The van der Waals surface area contributed by atoms with Crippen molar-refractivity contribution in [1.29, 1.82) is 0 Å². The van der Waals surface area contributed by atoms with Gasteiger partial charge in [-0.1, -0.05) is 0 Å². The summed E-state index contributed by atoms with van der Waals surface area (Å²) < 4.78 is 42.3. The van der Waals surface area contributed by atoms with Crippen LogP contribution in [-0.4, -0.2) is 35.8 Å². The zero-order valence-corrected chi connectivity index (χ0v) is 9.20. The number of rotatable bonds is 6. The van der Waals surface area contributed by atoms with Gasteiger partial charge in [0.2, 0.25) is 0 Å². The van der Waals surface area contributed by atoms with E-state index in [9.17, 15) is 18.0 Å².